The molecule has 0 fully saturated rings. The number of thioether (sulfide) groups is 1. The third kappa shape index (κ3) is 4.54. The fourth-order valence-electron chi connectivity index (χ4n) is 1.38. The van der Waals surface area contributed by atoms with E-state index in [1.54, 1.807) is 12.4 Å². The van der Waals surface area contributed by atoms with E-state index in [0.717, 1.165) is 24.7 Å². The molecule has 2 rings (SSSR count). The Balaban J connectivity index is 1.61. The second-order valence-electron chi connectivity index (χ2n) is 3.50. The van der Waals surface area contributed by atoms with Crippen molar-refractivity contribution >= 4 is 11.8 Å². The lowest BCUT2D eigenvalue weighted by Crippen LogP contribution is -2.18. The molecular weight excluding hydrogens is 230 g/mol. The molecule has 1 N–H and O–H groups in total. The number of hydrogen-bond acceptors (Lipinski definition) is 4. The molecule has 1 aromatic carbocycles. The van der Waals surface area contributed by atoms with E-state index >= 15 is 0 Å². The van der Waals surface area contributed by atoms with E-state index in [1.807, 2.05) is 23.9 Å². The van der Waals surface area contributed by atoms with Crippen molar-refractivity contribution in [3.8, 4) is 0 Å². The van der Waals surface area contributed by atoms with Crippen molar-refractivity contribution in [2.75, 3.05) is 12.3 Å². The van der Waals surface area contributed by atoms with Gasteiger partial charge in [-0.15, -0.1) is 11.8 Å². The van der Waals surface area contributed by atoms with Crippen LogP contribution in [0.2, 0.25) is 0 Å². The minimum Gasteiger partial charge on any atom is -0.309 e. The summed E-state index contributed by atoms with van der Waals surface area (Å²) in [5.41, 5.74) is 0. The first-order valence-electron chi connectivity index (χ1n) is 5.59. The third-order valence-electron chi connectivity index (χ3n) is 2.19. The summed E-state index contributed by atoms with van der Waals surface area (Å²) in [6.45, 7) is 1.69. The lowest BCUT2D eigenvalue weighted by Gasteiger charge is -2.03. The van der Waals surface area contributed by atoms with E-state index in [1.165, 1.54) is 4.90 Å². The minimum atomic E-state index is 0.732. The Hall–Kier alpha value is -1.39. The Kier molecular flexibility index (Phi) is 5.00. The number of nitrogens with zero attached hydrogens (tertiary/aromatic N) is 2. The van der Waals surface area contributed by atoms with Crippen molar-refractivity contribution in [3.05, 3.63) is 54.6 Å². The van der Waals surface area contributed by atoms with Gasteiger partial charge in [0.2, 0.25) is 0 Å². The van der Waals surface area contributed by atoms with Crippen LogP contribution in [0.5, 0.6) is 0 Å². The Morgan fingerprint density at radius 3 is 2.53 bits per heavy atom. The molecule has 0 spiro atoms. The van der Waals surface area contributed by atoms with Crippen LogP contribution in [0.3, 0.4) is 0 Å². The van der Waals surface area contributed by atoms with E-state index in [2.05, 4.69) is 39.6 Å². The van der Waals surface area contributed by atoms with Gasteiger partial charge in [0.15, 0.2) is 0 Å². The van der Waals surface area contributed by atoms with Gasteiger partial charge in [-0.1, -0.05) is 18.2 Å². The molecule has 0 atom stereocenters. The number of nitrogens with one attached hydrogen (secondary N) is 1. The Morgan fingerprint density at radius 2 is 1.76 bits per heavy atom. The maximum atomic E-state index is 4.15. The van der Waals surface area contributed by atoms with E-state index in [4.69, 9.17) is 0 Å². The van der Waals surface area contributed by atoms with Gasteiger partial charge in [-0.3, -0.25) is 0 Å². The highest BCUT2D eigenvalue weighted by Gasteiger charge is 1.95. The fraction of sp³-hybridized carbons (Fsp3) is 0.231. The van der Waals surface area contributed by atoms with E-state index in [9.17, 15) is 0 Å². The number of aromatic nitrogens is 2. The highest BCUT2D eigenvalue weighted by atomic mass is 32.2. The Morgan fingerprint density at radius 1 is 1.00 bits per heavy atom. The zero-order valence-electron chi connectivity index (χ0n) is 9.54. The average molecular weight is 245 g/mol. The monoisotopic (exact) mass is 245 g/mol. The second kappa shape index (κ2) is 7.04. The summed E-state index contributed by atoms with van der Waals surface area (Å²) in [4.78, 5) is 9.62. The van der Waals surface area contributed by atoms with Gasteiger partial charge in [-0.05, 0) is 18.2 Å². The van der Waals surface area contributed by atoms with Gasteiger partial charge < -0.3 is 5.32 Å². The Labute approximate surface area is 106 Å². The number of benzene rings is 1. The highest BCUT2D eigenvalue weighted by molar-refractivity contribution is 7.99. The highest BCUT2D eigenvalue weighted by Crippen LogP contribution is 2.15. The molecule has 0 aliphatic rings. The summed E-state index contributed by atoms with van der Waals surface area (Å²) in [5, 5.41) is 3.33. The molecule has 2 aromatic rings. The van der Waals surface area contributed by atoms with Crippen molar-refractivity contribution in [1.29, 1.82) is 0 Å². The van der Waals surface area contributed by atoms with Crippen LogP contribution in [0.25, 0.3) is 0 Å². The first-order chi connectivity index (χ1) is 8.45. The molecule has 0 amide bonds. The summed E-state index contributed by atoms with van der Waals surface area (Å²) in [5.74, 6) is 1.90. The molecule has 0 bridgehead atoms. The van der Waals surface area contributed by atoms with Crippen LogP contribution < -0.4 is 5.32 Å². The average Bonchev–Trinajstić information content (AvgIpc) is 2.41. The van der Waals surface area contributed by atoms with Crippen LogP contribution in [0.1, 0.15) is 5.82 Å². The molecule has 1 heterocycles. The van der Waals surface area contributed by atoms with Gasteiger partial charge >= 0.3 is 0 Å². The minimum absolute atomic E-state index is 0.732. The molecule has 17 heavy (non-hydrogen) atoms. The lowest BCUT2D eigenvalue weighted by molar-refractivity contribution is 0.694. The maximum Gasteiger partial charge on any atom is 0.141 e. The standard InChI is InChI=1S/C13H15N3S/c1-2-5-12(6-3-1)17-10-9-14-11-13-15-7-4-8-16-13/h1-8,14H,9-11H2. The summed E-state index contributed by atoms with van der Waals surface area (Å²) >= 11 is 1.85. The summed E-state index contributed by atoms with van der Waals surface area (Å²) in [6, 6.07) is 12.3. The number of rotatable bonds is 6. The molecule has 0 saturated heterocycles. The van der Waals surface area contributed by atoms with Gasteiger partial charge in [0.05, 0.1) is 6.54 Å². The zero-order valence-corrected chi connectivity index (χ0v) is 10.4. The van der Waals surface area contributed by atoms with E-state index in [-0.39, 0.29) is 0 Å². The zero-order chi connectivity index (χ0) is 11.8. The van der Waals surface area contributed by atoms with Gasteiger partial charge in [0.25, 0.3) is 0 Å². The first-order valence-corrected chi connectivity index (χ1v) is 6.58. The lowest BCUT2D eigenvalue weighted by atomic mass is 10.4. The van der Waals surface area contributed by atoms with Crippen molar-refractivity contribution in [3.63, 3.8) is 0 Å². The van der Waals surface area contributed by atoms with Crippen LogP contribution in [0.15, 0.2) is 53.7 Å². The maximum absolute atomic E-state index is 4.15. The molecule has 0 radical (unpaired) electrons. The number of hydrogen-bond donors (Lipinski definition) is 1. The van der Waals surface area contributed by atoms with Crippen molar-refractivity contribution in [1.82, 2.24) is 15.3 Å². The topological polar surface area (TPSA) is 37.8 Å². The molecule has 0 aliphatic heterocycles. The predicted octanol–water partition coefficient (Wildman–Crippen LogP) is 2.36. The SMILES string of the molecule is c1ccc(SCCNCc2ncccn2)cc1. The fourth-order valence-corrected chi connectivity index (χ4v) is 2.21. The normalized spacial score (nSPS) is 10.4. The molecule has 0 unspecified atom stereocenters. The third-order valence-corrected chi connectivity index (χ3v) is 3.21. The summed E-state index contributed by atoms with van der Waals surface area (Å²) in [7, 11) is 0. The van der Waals surface area contributed by atoms with Crippen molar-refractivity contribution < 1.29 is 0 Å². The molecule has 0 saturated carbocycles. The smallest absolute Gasteiger partial charge is 0.141 e. The summed E-state index contributed by atoms with van der Waals surface area (Å²) < 4.78 is 0. The largest absolute Gasteiger partial charge is 0.309 e. The van der Waals surface area contributed by atoms with Gasteiger partial charge in [-0.2, -0.15) is 0 Å². The molecule has 88 valence electrons. The van der Waals surface area contributed by atoms with Gasteiger partial charge in [-0.25, -0.2) is 9.97 Å². The van der Waals surface area contributed by atoms with Crippen LogP contribution in [0.4, 0.5) is 0 Å². The molecule has 0 aliphatic carbocycles. The van der Waals surface area contributed by atoms with Crippen LogP contribution >= 0.6 is 11.8 Å². The second-order valence-corrected chi connectivity index (χ2v) is 4.67. The van der Waals surface area contributed by atoms with Crippen LogP contribution in [0, 0.1) is 0 Å². The van der Waals surface area contributed by atoms with Crippen LogP contribution in [-0.2, 0) is 6.54 Å². The molecular formula is C13H15N3S. The van der Waals surface area contributed by atoms with Gasteiger partial charge in [0.1, 0.15) is 5.82 Å². The molecule has 1 aromatic heterocycles. The van der Waals surface area contributed by atoms with E-state index in [0.29, 0.717) is 0 Å². The summed E-state index contributed by atoms with van der Waals surface area (Å²) in [6.07, 6.45) is 3.53. The van der Waals surface area contributed by atoms with Crippen LogP contribution in [-0.4, -0.2) is 22.3 Å². The Bertz CT molecular complexity index is 378. The first kappa shape index (κ1) is 12.1. The van der Waals surface area contributed by atoms with Crippen molar-refractivity contribution in [2.45, 2.75) is 11.4 Å². The van der Waals surface area contributed by atoms with E-state index < -0.39 is 0 Å². The molecule has 3 nitrogen and oxygen atoms in total. The van der Waals surface area contributed by atoms with Gasteiger partial charge in [0, 0.05) is 29.6 Å². The predicted molar refractivity (Wildman–Crippen MR) is 70.9 cm³/mol. The molecule has 4 heteroatoms. The quantitative estimate of drug-likeness (QED) is 0.626. The van der Waals surface area contributed by atoms with Crippen molar-refractivity contribution in [2.24, 2.45) is 0 Å².